The second-order valence-electron chi connectivity index (χ2n) is 14.2. The van der Waals surface area contributed by atoms with E-state index < -0.39 is 8.32 Å². The number of nitrogens with zero attached hydrogens (tertiary/aromatic N) is 4. The molecule has 3 heterocycles. The Balaban J connectivity index is 1.53. The number of hydrogen-bond acceptors (Lipinski definition) is 7. The number of methoxy groups -OCH3 is 1. The summed E-state index contributed by atoms with van der Waals surface area (Å²) in [5.41, 5.74) is 5.47. The third-order valence-electron chi connectivity index (χ3n) is 10.5. The normalized spacial score (nSPS) is 19.7. The summed E-state index contributed by atoms with van der Waals surface area (Å²) in [6.45, 7) is 18.4. The van der Waals surface area contributed by atoms with Gasteiger partial charge in [-0.25, -0.2) is 9.97 Å². The highest BCUT2D eigenvalue weighted by Crippen LogP contribution is 2.44. The predicted octanol–water partition coefficient (Wildman–Crippen LogP) is 8.80. The average Bonchev–Trinajstić information content (AvgIpc) is 3.21. The Morgan fingerprint density at radius 2 is 1.57 bits per heavy atom. The van der Waals surface area contributed by atoms with Crippen molar-refractivity contribution in [2.75, 3.05) is 43.6 Å². The van der Waals surface area contributed by atoms with Crippen LogP contribution in [0.4, 0.5) is 11.6 Å². The molecule has 0 saturated heterocycles. The lowest BCUT2D eigenvalue weighted by molar-refractivity contribution is 0.0825. The van der Waals surface area contributed by atoms with Crippen molar-refractivity contribution in [2.45, 2.75) is 102 Å². The lowest BCUT2D eigenvalue weighted by Crippen LogP contribution is -2.52. The van der Waals surface area contributed by atoms with Crippen LogP contribution in [0, 0.1) is 0 Å². The molecule has 0 fully saturated rings. The zero-order valence-corrected chi connectivity index (χ0v) is 30.8. The van der Waals surface area contributed by atoms with Gasteiger partial charge in [0.05, 0.1) is 19.3 Å². The Labute approximate surface area is 284 Å². The van der Waals surface area contributed by atoms with Crippen LogP contribution >= 0.6 is 0 Å². The Morgan fingerprint density at radius 3 is 2.26 bits per heavy atom. The maximum atomic E-state index is 7.33. The molecule has 0 radical (unpaired) electrons. The third kappa shape index (κ3) is 8.10. The summed E-state index contributed by atoms with van der Waals surface area (Å²) in [6, 6.07) is 19.7. The van der Waals surface area contributed by atoms with Crippen molar-refractivity contribution >= 4 is 20.0 Å². The van der Waals surface area contributed by atoms with Crippen LogP contribution in [0.25, 0.3) is 0 Å². The third-order valence-corrected chi connectivity index (χ3v) is 16.6. The first kappa shape index (κ1) is 35.1. The van der Waals surface area contributed by atoms with Gasteiger partial charge in [0.2, 0.25) is 0 Å². The van der Waals surface area contributed by atoms with Crippen molar-refractivity contribution in [3.05, 3.63) is 89.8 Å². The summed E-state index contributed by atoms with van der Waals surface area (Å²) in [5, 5.41) is 3.83. The summed E-state index contributed by atoms with van der Waals surface area (Å²) in [4.78, 5) is 15.2. The molecule has 254 valence electrons. The monoisotopic (exact) mass is 655 g/mol. The fourth-order valence-electron chi connectivity index (χ4n) is 8.18. The molecule has 3 aromatic rings. The first-order chi connectivity index (χ1) is 22.7. The molecule has 0 aliphatic carbocycles. The van der Waals surface area contributed by atoms with Crippen LogP contribution in [-0.2, 0) is 17.4 Å². The smallest absolute Gasteiger partial charge is 0.200 e. The van der Waals surface area contributed by atoms with Gasteiger partial charge in [0.15, 0.2) is 8.32 Å². The van der Waals surface area contributed by atoms with Crippen molar-refractivity contribution in [3.63, 3.8) is 0 Å². The van der Waals surface area contributed by atoms with Crippen LogP contribution in [0.1, 0.15) is 83.5 Å². The molecule has 2 aromatic carbocycles. The molecule has 2 atom stereocenters. The Kier molecular flexibility index (Phi) is 12.2. The summed E-state index contributed by atoms with van der Waals surface area (Å²) < 4.78 is 12.7. The molecular weight excluding hydrogens is 599 g/mol. The van der Waals surface area contributed by atoms with Gasteiger partial charge in [-0.3, -0.25) is 4.90 Å². The standard InChI is InChI=1S/C39H57N5O2Si/c1-29(2)47(30(3)4,31(5)6)46-27-34-25-40-38-37-36(44(34)26-33-15-11-10-12-16-33)17-13-8-9-14-23-43(39(37)42-28-41-38)24-22-32-18-20-35(45-7)21-19-32/h8-12,15-16,18-21,28-31,34,36H,13-14,17,22-27H2,1-7H3,(H,40,41,42)/b9-8-/t34-,36+/m0/s1. The lowest BCUT2D eigenvalue weighted by atomic mass is 9.97. The highest BCUT2D eigenvalue weighted by Gasteiger charge is 2.46. The quantitative estimate of drug-likeness (QED) is 0.155. The fourth-order valence-corrected chi connectivity index (χ4v) is 13.7. The predicted molar refractivity (Wildman–Crippen MR) is 198 cm³/mol. The summed E-state index contributed by atoms with van der Waals surface area (Å²) in [7, 11) is -0.344. The van der Waals surface area contributed by atoms with Gasteiger partial charge in [-0.1, -0.05) is 96.2 Å². The van der Waals surface area contributed by atoms with Gasteiger partial charge >= 0.3 is 0 Å². The van der Waals surface area contributed by atoms with Crippen LogP contribution in [0.15, 0.2) is 73.1 Å². The maximum absolute atomic E-state index is 7.33. The van der Waals surface area contributed by atoms with Crippen molar-refractivity contribution < 1.29 is 9.16 Å². The first-order valence-corrected chi connectivity index (χ1v) is 19.9. The van der Waals surface area contributed by atoms with Gasteiger partial charge in [-0.2, -0.15) is 0 Å². The number of anilines is 2. The van der Waals surface area contributed by atoms with Gasteiger partial charge < -0.3 is 19.4 Å². The molecule has 1 aromatic heterocycles. The van der Waals surface area contributed by atoms with E-state index in [2.05, 4.69) is 123 Å². The van der Waals surface area contributed by atoms with Crippen LogP contribution in [0.3, 0.4) is 0 Å². The Morgan fingerprint density at radius 1 is 0.872 bits per heavy atom. The molecule has 0 saturated carbocycles. The fraction of sp³-hybridized carbons (Fsp3) is 0.538. The number of benzene rings is 2. The van der Waals surface area contributed by atoms with Crippen molar-refractivity contribution in [1.29, 1.82) is 0 Å². The molecule has 0 amide bonds. The Hall–Kier alpha value is -3.20. The number of aromatic nitrogens is 2. The summed E-state index contributed by atoms with van der Waals surface area (Å²) in [5.74, 6) is 2.92. The number of ether oxygens (including phenoxy) is 1. The zero-order chi connectivity index (χ0) is 33.4. The van der Waals surface area contributed by atoms with E-state index in [9.17, 15) is 0 Å². The van der Waals surface area contributed by atoms with Crippen LogP contribution in [-0.4, -0.2) is 62.6 Å². The SMILES string of the molecule is COc1ccc(CCN2CC/C=C\CC[C@@H]3c4c(ncnc42)NC[C@@H](CO[Si](C(C)C)(C(C)C)C(C)C)N3Cc2ccccc2)cc1. The lowest BCUT2D eigenvalue weighted by Gasteiger charge is -2.45. The number of rotatable bonds is 12. The minimum absolute atomic E-state index is 0.143. The highest BCUT2D eigenvalue weighted by molar-refractivity contribution is 6.77. The van der Waals surface area contributed by atoms with E-state index in [1.54, 1.807) is 13.4 Å². The van der Waals surface area contributed by atoms with E-state index in [-0.39, 0.29) is 12.1 Å². The second kappa shape index (κ2) is 16.3. The van der Waals surface area contributed by atoms with Crippen LogP contribution < -0.4 is 15.0 Å². The molecule has 47 heavy (non-hydrogen) atoms. The molecule has 0 spiro atoms. The van der Waals surface area contributed by atoms with E-state index in [1.807, 2.05) is 0 Å². The number of allylic oxidation sites excluding steroid dienone is 1. The van der Waals surface area contributed by atoms with Gasteiger partial charge in [-0.15, -0.1) is 0 Å². The zero-order valence-electron chi connectivity index (χ0n) is 29.8. The van der Waals surface area contributed by atoms with Crippen molar-refractivity contribution in [1.82, 2.24) is 14.9 Å². The molecule has 0 unspecified atom stereocenters. The summed E-state index contributed by atoms with van der Waals surface area (Å²) >= 11 is 0. The van der Waals surface area contributed by atoms with E-state index in [0.29, 0.717) is 23.2 Å². The molecule has 8 heteroatoms. The topological polar surface area (TPSA) is 62.8 Å². The molecular formula is C39H57N5O2Si. The van der Waals surface area contributed by atoms with Gasteiger partial charge in [0.25, 0.3) is 0 Å². The van der Waals surface area contributed by atoms with E-state index >= 15 is 0 Å². The minimum atomic E-state index is -2.06. The van der Waals surface area contributed by atoms with E-state index in [4.69, 9.17) is 19.1 Å². The van der Waals surface area contributed by atoms with Gasteiger partial charge in [0, 0.05) is 38.3 Å². The molecule has 2 aliphatic rings. The maximum Gasteiger partial charge on any atom is 0.200 e. The van der Waals surface area contributed by atoms with Crippen molar-refractivity contribution in [2.24, 2.45) is 0 Å². The Bertz CT molecular complexity index is 1410. The summed E-state index contributed by atoms with van der Waals surface area (Å²) in [6.07, 6.45) is 10.4. The molecule has 7 nitrogen and oxygen atoms in total. The van der Waals surface area contributed by atoms with E-state index in [1.165, 1.54) is 16.7 Å². The van der Waals surface area contributed by atoms with Gasteiger partial charge in [0.1, 0.15) is 23.7 Å². The van der Waals surface area contributed by atoms with Gasteiger partial charge in [-0.05, 0) is 65.6 Å². The molecule has 2 aliphatic heterocycles. The largest absolute Gasteiger partial charge is 0.497 e. The van der Waals surface area contributed by atoms with Crippen LogP contribution in [0.2, 0.25) is 16.6 Å². The molecule has 1 N–H and O–H groups in total. The number of hydrogen-bond donors (Lipinski definition) is 1. The number of nitrogens with one attached hydrogen (secondary N) is 1. The van der Waals surface area contributed by atoms with E-state index in [0.717, 1.165) is 69.2 Å². The first-order valence-electron chi connectivity index (χ1n) is 17.8. The average molecular weight is 656 g/mol. The minimum Gasteiger partial charge on any atom is -0.497 e. The van der Waals surface area contributed by atoms with Crippen LogP contribution in [0.5, 0.6) is 5.75 Å². The molecule has 0 bridgehead atoms. The highest BCUT2D eigenvalue weighted by atomic mass is 28.4. The molecule has 5 rings (SSSR count). The second-order valence-corrected chi connectivity index (χ2v) is 19.7. The van der Waals surface area contributed by atoms with Crippen molar-refractivity contribution in [3.8, 4) is 5.75 Å².